The van der Waals surface area contributed by atoms with E-state index >= 15 is 0 Å². The first-order valence-corrected chi connectivity index (χ1v) is 8.26. The summed E-state index contributed by atoms with van der Waals surface area (Å²) in [7, 11) is 1.26. The molecule has 0 atom stereocenters. The fraction of sp³-hybridized carbons (Fsp3) is 0.200. The molecule has 146 valence electrons. The first-order valence-electron chi connectivity index (χ1n) is 8.26. The smallest absolute Gasteiger partial charge is 0.344 e. The van der Waals surface area contributed by atoms with Crippen LogP contribution in [-0.2, 0) is 19.1 Å². The Bertz CT molecular complexity index is 874. The molecule has 2 aromatic rings. The summed E-state index contributed by atoms with van der Waals surface area (Å²) < 4.78 is 14.7. The molecule has 1 N–H and O–H groups in total. The number of amides is 1. The molecule has 0 fully saturated rings. The molecule has 1 amide bonds. The molecule has 0 bridgehead atoms. The van der Waals surface area contributed by atoms with Crippen LogP contribution in [0.5, 0.6) is 5.75 Å². The van der Waals surface area contributed by atoms with Crippen LogP contribution in [0.15, 0.2) is 48.5 Å². The lowest BCUT2D eigenvalue weighted by atomic mass is 10.1. The quantitative estimate of drug-likeness (QED) is 0.548. The summed E-state index contributed by atoms with van der Waals surface area (Å²) in [5.74, 6) is -1.51. The number of hydrogen-bond acceptors (Lipinski definition) is 7. The Morgan fingerprint density at radius 3 is 2.29 bits per heavy atom. The van der Waals surface area contributed by atoms with E-state index in [1.807, 2.05) is 0 Å². The first kappa shape index (κ1) is 20.6. The number of nitrogens with one attached hydrogen (secondary N) is 1. The molecule has 0 heterocycles. The van der Waals surface area contributed by atoms with E-state index in [4.69, 9.17) is 9.47 Å². The number of methoxy groups -OCH3 is 1. The fourth-order valence-electron chi connectivity index (χ4n) is 2.15. The van der Waals surface area contributed by atoms with Crippen LogP contribution in [0.2, 0.25) is 0 Å². The number of Topliss-reactive ketones (excluding diaryl/α,β-unsaturated/α-hetero) is 1. The lowest BCUT2D eigenvalue weighted by Crippen LogP contribution is -2.23. The third kappa shape index (κ3) is 6.24. The van der Waals surface area contributed by atoms with Crippen molar-refractivity contribution in [2.75, 3.05) is 25.6 Å². The lowest BCUT2D eigenvalue weighted by Gasteiger charge is -2.09. The number of benzene rings is 2. The molecular weight excluding hydrogens is 366 g/mol. The zero-order valence-electron chi connectivity index (χ0n) is 15.4. The molecule has 0 spiro atoms. The van der Waals surface area contributed by atoms with E-state index in [2.05, 4.69) is 10.1 Å². The number of carbonyl (C=O) groups excluding carboxylic acids is 4. The minimum absolute atomic E-state index is 0.0749. The molecule has 0 saturated heterocycles. The number of anilines is 1. The van der Waals surface area contributed by atoms with Crippen molar-refractivity contribution in [2.45, 2.75) is 6.92 Å². The molecule has 0 aliphatic carbocycles. The summed E-state index contributed by atoms with van der Waals surface area (Å²) in [6.07, 6.45) is 0. The largest absolute Gasteiger partial charge is 0.482 e. The summed E-state index contributed by atoms with van der Waals surface area (Å²) in [5.41, 5.74) is 1.18. The molecular formula is C20H19NO7. The van der Waals surface area contributed by atoms with Gasteiger partial charge in [0.05, 0.1) is 12.7 Å². The van der Waals surface area contributed by atoms with Crippen LogP contribution >= 0.6 is 0 Å². The van der Waals surface area contributed by atoms with Crippen LogP contribution in [0.4, 0.5) is 5.69 Å². The highest BCUT2D eigenvalue weighted by molar-refractivity contribution is 5.95. The van der Waals surface area contributed by atoms with Gasteiger partial charge in [-0.25, -0.2) is 9.59 Å². The van der Waals surface area contributed by atoms with Crippen molar-refractivity contribution >= 4 is 29.3 Å². The second-order valence-corrected chi connectivity index (χ2v) is 5.65. The molecule has 0 aliphatic rings. The van der Waals surface area contributed by atoms with Crippen LogP contribution in [0, 0.1) is 0 Å². The molecule has 0 aromatic heterocycles. The number of esters is 2. The lowest BCUT2D eigenvalue weighted by molar-refractivity contribution is -0.149. The van der Waals surface area contributed by atoms with Crippen molar-refractivity contribution in [3.05, 3.63) is 59.7 Å². The van der Waals surface area contributed by atoms with Crippen molar-refractivity contribution in [1.82, 2.24) is 0 Å². The van der Waals surface area contributed by atoms with Gasteiger partial charge >= 0.3 is 11.9 Å². The van der Waals surface area contributed by atoms with Crippen molar-refractivity contribution in [2.24, 2.45) is 0 Å². The SMILES string of the molecule is COC(=O)c1cccc(NC(=O)COC(=O)COc2ccc(C(C)=O)cc2)c1. The molecule has 0 saturated carbocycles. The molecule has 0 unspecified atom stereocenters. The summed E-state index contributed by atoms with van der Waals surface area (Å²) >= 11 is 0. The Morgan fingerprint density at radius 1 is 0.929 bits per heavy atom. The zero-order valence-corrected chi connectivity index (χ0v) is 15.4. The van der Waals surface area contributed by atoms with E-state index in [9.17, 15) is 19.2 Å². The monoisotopic (exact) mass is 385 g/mol. The summed E-state index contributed by atoms with van der Waals surface area (Å²) in [4.78, 5) is 46.2. The van der Waals surface area contributed by atoms with Gasteiger partial charge in [0.25, 0.3) is 5.91 Å². The van der Waals surface area contributed by atoms with Gasteiger partial charge in [-0.2, -0.15) is 0 Å². The van der Waals surface area contributed by atoms with Gasteiger partial charge in [0.2, 0.25) is 0 Å². The molecule has 2 rings (SSSR count). The Balaban J connectivity index is 1.77. The third-order valence-corrected chi connectivity index (χ3v) is 3.55. The highest BCUT2D eigenvalue weighted by Crippen LogP contribution is 2.13. The van der Waals surface area contributed by atoms with E-state index < -0.39 is 24.5 Å². The Kier molecular flexibility index (Phi) is 7.27. The number of ether oxygens (including phenoxy) is 3. The minimum Gasteiger partial charge on any atom is -0.482 e. The number of ketones is 1. The molecule has 28 heavy (non-hydrogen) atoms. The van der Waals surface area contributed by atoms with E-state index in [-0.39, 0.29) is 18.0 Å². The predicted molar refractivity (Wildman–Crippen MR) is 99.3 cm³/mol. The van der Waals surface area contributed by atoms with Crippen LogP contribution in [0.3, 0.4) is 0 Å². The van der Waals surface area contributed by atoms with Gasteiger partial charge in [-0.3, -0.25) is 9.59 Å². The maximum absolute atomic E-state index is 11.9. The number of rotatable bonds is 8. The summed E-state index contributed by atoms with van der Waals surface area (Å²) in [6, 6.07) is 12.4. The number of hydrogen-bond donors (Lipinski definition) is 1. The Morgan fingerprint density at radius 2 is 1.64 bits per heavy atom. The van der Waals surface area contributed by atoms with E-state index in [1.165, 1.54) is 20.1 Å². The summed E-state index contributed by atoms with van der Waals surface area (Å²) in [5, 5.41) is 2.51. The molecule has 8 heteroatoms. The van der Waals surface area contributed by atoms with Crippen LogP contribution in [0.1, 0.15) is 27.6 Å². The fourth-order valence-corrected chi connectivity index (χ4v) is 2.15. The Labute approximate surface area is 161 Å². The van der Waals surface area contributed by atoms with Gasteiger partial charge in [-0.15, -0.1) is 0 Å². The van der Waals surface area contributed by atoms with Gasteiger partial charge in [0.15, 0.2) is 19.0 Å². The van der Waals surface area contributed by atoms with Gasteiger partial charge < -0.3 is 19.5 Å². The van der Waals surface area contributed by atoms with Crippen LogP contribution in [-0.4, -0.2) is 44.0 Å². The van der Waals surface area contributed by atoms with Gasteiger partial charge in [-0.05, 0) is 49.4 Å². The van der Waals surface area contributed by atoms with Crippen molar-refractivity contribution in [1.29, 1.82) is 0 Å². The topological polar surface area (TPSA) is 108 Å². The van der Waals surface area contributed by atoms with Crippen LogP contribution < -0.4 is 10.1 Å². The Hall–Kier alpha value is -3.68. The summed E-state index contributed by atoms with van der Waals surface area (Å²) in [6.45, 7) is 0.558. The zero-order chi connectivity index (χ0) is 20.5. The van der Waals surface area contributed by atoms with Crippen molar-refractivity contribution in [3.8, 4) is 5.75 Å². The second kappa shape index (κ2) is 9.86. The highest BCUT2D eigenvalue weighted by Gasteiger charge is 2.11. The molecule has 0 radical (unpaired) electrons. The second-order valence-electron chi connectivity index (χ2n) is 5.65. The number of carbonyl (C=O) groups is 4. The minimum atomic E-state index is -0.728. The molecule has 0 aliphatic heterocycles. The van der Waals surface area contributed by atoms with E-state index in [1.54, 1.807) is 42.5 Å². The van der Waals surface area contributed by atoms with Crippen molar-refractivity contribution < 1.29 is 33.4 Å². The van der Waals surface area contributed by atoms with Crippen molar-refractivity contribution in [3.63, 3.8) is 0 Å². The normalized spacial score (nSPS) is 9.93. The maximum Gasteiger partial charge on any atom is 0.344 e. The van der Waals surface area contributed by atoms with Crippen LogP contribution in [0.25, 0.3) is 0 Å². The molecule has 8 nitrogen and oxygen atoms in total. The predicted octanol–water partition coefficient (Wildman–Crippen LogP) is 2.24. The maximum atomic E-state index is 11.9. The standard InChI is InChI=1S/C20H19NO7/c1-13(22)14-6-8-17(9-7-14)27-12-19(24)28-11-18(23)21-16-5-3-4-15(10-16)20(25)26-2/h3-10H,11-12H2,1-2H3,(H,21,23). The third-order valence-electron chi connectivity index (χ3n) is 3.55. The highest BCUT2D eigenvalue weighted by atomic mass is 16.6. The first-order chi connectivity index (χ1) is 13.4. The van der Waals surface area contributed by atoms with Gasteiger partial charge in [0, 0.05) is 11.3 Å². The average Bonchev–Trinajstić information content (AvgIpc) is 2.70. The molecule has 2 aromatic carbocycles. The average molecular weight is 385 g/mol. The van der Waals surface area contributed by atoms with E-state index in [0.717, 1.165) is 0 Å². The van der Waals surface area contributed by atoms with E-state index in [0.29, 0.717) is 17.0 Å². The van der Waals surface area contributed by atoms with Gasteiger partial charge in [-0.1, -0.05) is 6.07 Å². The van der Waals surface area contributed by atoms with Gasteiger partial charge in [0.1, 0.15) is 5.75 Å².